The molecule has 0 bridgehead atoms. The van der Waals surface area contributed by atoms with Crippen LogP contribution in [-0.2, 0) is 0 Å². The predicted octanol–water partition coefficient (Wildman–Crippen LogP) is 2.66. The third-order valence-electron chi connectivity index (χ3n) is 4.13. The molecule has 0 aliphatic carbocycles. The SMILES string of the molecule is O=c1[nH]c2c(c(=O)[nH]1)C(c1ccccc1)C=C(c1ccccc1)N2. The molecule has 4 rings (SSSR count). The summed E-state index contributed by atoms with van der Waals surface area (Å²) in [6.07, 6.45) is 2.01. The quantitative estimate of drug-likeness (QED) is 0.680. The summed E-state index contributed by atoms with van der Waals surface area (Å²) in [5.74, 6) is 0.206. The molecule has 1 aliphatic rings. The maximum Gasteiger partial charge on any atom is 0.327 e. The summed E-state index contributed by atoms with van der Waals surface area (Å²) < 4.78 is 0. The van der Waals surface area contributed by atoms with Gasteiger partial charge in [-0.3, -0.25) is 14.8 Å². The highest BCUT2D eigenvalue weighted by atomic mass is 16.2. The lowest BCUT2D eigenvalue weighted by molar-refractivity contribution is 0.914. The van der Waals surface area contributed by atoms with Gasteiger partial charge in [0.15, 0.2) is 0 Å². The Kier molecular flexibility index (Phi) is 3.39. The molecule has 2 aromatic carbocycles. The van der Waals surface area contributed by atoms with E-state index in [-0.39, 0.29) is 11.5 Å². The molecule has 5 heteroatoms. The standard InChI is InChI=1S/C19H15N3O2/c23-18-16-14(12-7-3-1-4-8-12)11-15(13-9-5-2-6-10-13)20-17(16)21-19(24)22-18/h1-11,14H,(H3,20,21,22,23,24). The van der Waals surface area contributed by atoms with E-state index in [9.17, 15) is 9.59 Å². The van der Waals surface area contributed by atoms with Crippen molar-refractivity contribution in [2.75, 3.05) is 5.32 Å². The molecule has 3 aromatic rings. The Labute approximate surface area is 137 Å². The van der Waals surface area contributed by atoms with Crippen molar-refractivity contribution in [2.45, 2.75) is 5.92 Å². The van der Waals surface area contributed by atoms with E-state index in [1.54, 1.807) is 0 Å². The molecule has 1 aromatic heterocycles. The van der Waals surface area contributed by atoms with Crippen LogP contribution >= 0.6 is 0 Å². The molecule has 2 heterocycles. The molecule has 118 valence electrons. The van der Waals surface area contributed by atoms with Gasteiger partial charge in [0.05, 0.1) is 5.56 Å². The Morgan fingerprint density at radius 2 is 1.46 bits per heavy atom. The van der Waals surface area contributed by atoms with E-state index in [0.717, 1.165) is 16.8 Å². The Hall–Kier alpha value is -3.34. The fraction of sp³-hybridized carbons (Fsp3) is 0.0526. The molecule has 1 atom stereocenters. The molecule has 5 nitrogen and oxygen atoms in total. The summed E-state index contributed by atoms with van der Waals surface area (Å²) in [4.78, 5) is 29.1. The fourth-order valence-corrected chi connectivity index (χ4v) is 3.03. The number of rotatable bonds is 2. The minimum Gasteiger partial charge on any atom is -0.341 e. The Balaban J connectivity index is 1.94. The van der Waals surface area contributed by atoms with Crippen molar-refractivity contribution in [2.24, 2.45) is 0 Å². The van der Waals surface area contributed by atoms with Gasteiger partial charge in [0, 0.05) is 11.6 Å². The smallest absolute Gasteiger partial charge is 0.327 e. The minimum atomic E-state index is -0.521. The number of hydrogen-bond acceptors (Lipinski definition) is 3. The van der Waals surface area contributed by atoms with Crippen LogP contribution in [0, 0.1) is 0 Å². The van der Waals surface area contributed by atoms with Gasteiger partial charge in [0.1, 0.15) is 5.82 Å². The van der Waals surface area contributed by atoms with E-state index in [4.69, 9.17) is 0 Å². The van der Waals surface area contributed by atoms with Gasteiger partial charge < -0.3 is 5.32 Å². The van der Waals surface area contributed by atoms with Gasteiger partial charge in [0.2, 0.25) is 0 Å². The topological polar surface area (TPSA) is 77.8 Å². The monoisotopic (exact) mass is 317 g/mol. The van der Waals surface area contributed by atoms with E-state index in [0.29, 0.717) is 11.4 Å². The van der Waals surface area contributed by atoms with Gasteiger partial charge in [-0.1, -0.05) is 60.7 Å². The lowest BCUT2D eigenvalue weighted by atomic mass is 9.88. The molecule has 3 N–H and O–H groups in total. The van der Waals surface area contributed by atoms with Gasteiger partial charge in [-0.2, -0.15) is 0 Å². The molecule has 1 aliphatic heterocycles. The summed E-state index contributed by atoms with van der Waals surface area (Å²) in [7, 11) is 0. The molecular weight excluding hydrogens is 302 g/mol. The number of fused-ring (bicyclic) bond motifs is 1. The summed E-state index contributed by atoms with van der Waals surface area (Å²) in [6, 6.07) is 19.6. The Bertz CT molecular complexity index is 1020. The van der Waals surface area contributed by atoms with Crippen LogP contribution in [0.15, 0.2) is 76.3 Å². The molecule has 1 unspecified atom stereocenters. The van der Waals surface area contributed by atoms with Gasteiger partial charge >= 0.3 is 5.69 Å². The highest BCUT2D eigenvalue weighted by molar-refractivity contribution is 5.81. The second kappa shape index (κ2) is 5.70. The molecule has 0 fully saturated rings. The van der Waals surface area contributed by atoms with Crippen molar-refractivity contribution in [3.05, 3.63) is 104 Å². The summed E-state index contributed by atoms with van der Waals surface area (Å²) >= 11 is 0. The lowest BCUT2D eigenvalue weighted by Gasteiger charge is -2.25. The third-order valence-corrected chi connectivity index (χ3v) is 4.13. The van der Waals surface area contributed by atoms with Crippen LogP contribution in [0.5, 0.6) is 0 Å². The number of allylic oxidation sites excluding steroid dienone is 1. The van der Waals surface area contributed by atoms with Crippen molar-refractivity contribution in [1.82, 2.24) is 9.97 Å². The van der Waals surface area contributed by atoms with E-state index in [1.165, 1.54) is 0 Å². The predicted molar refractivity (Wildman–Crippen MR) is 94.0 cm³/mol. The first-order valence-corrected chi connectivity index (χ1v) is 7.68. The Morgan fingerprint density at radius 1 is 0.792 bits per heavy atom. The minimum absolute atomic E-state index is 0.238. The van der Waals surface area contributed by atoms with Crippen LogP contribution in [0.4, 0.5) is 5.82 Å². The van der Waals surface area contributed by atoms with Crippen molar-refractivity contribution in [3.63, 3.8) is 0 Å². The summed E-state index contributed by atoms with van der Waals surface area (Å²) in [5.41, 5.74) is 2.46. The maximum absolute atomic E-state index is 12.4. The molecule has 0 saturated carbocycles. The molecule has 24 heavy (non-hydrogen) atoms. The largest absolute Gasteiger partial charge is 0.341 e. The van der Waals surface area contributed by atoms with Gasteiger partial charge in [-0.15, -0.1) is 0 Å². The van der Waals surface area contributed by atoms with Crippen LogP contribution in [-0.4, -0.2) is 9.97 Å². The summed E-state index contributed by atoms with van der Waals surface area (Å²) in [6.45, 7) is 0. The Morgan fingerprint density at radius 3 is 2.17 bits per heavy atom. The van der Waals surface area contributed by atoms with Gasteiger partial charge in [-0.25, -0.2) is 4.79 Å². The summed E-state index contributed by atoms with van der Waals surface area (Å²) in [5, 5.41) is 3.18. The maximum atomic E-state index is 12.4. The fourth-order valence-electron chi connectivity index (χ4n) is 3.03. The van der Waals surface area contributed by atoms with Crippen molar-refractivity contribution >= 4 is 11.5 Å². The number of nitrogens with one attached hydrogen (secondary N) is 3. The van der Waals surface area contributed by atoms with Crippen LogP contribution in [0.1, 0.15) is 22.6 Å². The molecular formula is C19H15N3O2. The van der Waals surface area contributed by atoms with E-state index in [1.807, 2.05) is 66.7 Å². The zero-order chi connectivity index (χ0) is 16.5. The second-order valence-electron chi connectivity index (χ2n) is 5.66. The first kappa shape index (κ1) is 14.3. The van der Waals surface area contributed by atoms with Gasteiger partial charge in [-0.05, 0) is 17.2 Å². The molecule has 0 amide bonds. The highest BCUT2D eigenvalue weighted by Gasteiger charge is 2.26. The normalized spacial score (nSPS) is 16.0. The number of H-pyrrole nitrogens is 2. The zero-order valence-electron chi connectivity index (χ0n) is 12.7. The second-order valence-corrected chi connectivity index (χ2v) is 5.66. The van der Waals surface area contributed by atoms with Crippen LogP contribution < -0.4 is 16.6 Å². The van der Waals surface area contributed by atoms with Gasteiger partial charge in [0.25, 0.3) is 5.56 Å². The number of aromatic amines is 2. The average molecular weight is 317 g/mol. The van der Waals surface area contributed by atoms with Crippen LogP contribution in [0.25, 0.3) is 5.70 Å². The molecule has 0 saturated heterocycles. The number of hydrogen-bond donors (Lipinski definition) is 3. The zero-order valence-corrected chi connectivity index (χ0v) is 12.7. The third kappa shape index (κ3) is 2.46. The highest BCUT2D eigenvalue weighted by Crippen LogP contribution is 2.35. The number of anilines is 1. The first-order chi connectivity index (χ1) is 11.7. The van der Waals surface area contributed by atoms with Crippen LogP contribution in [0.3, 0.4) is 0 Å². The molecule has 0 radical (unpaired) electrons. The van der Waals surface area contributed by atoms with E-state index < -0.39 is 5.69 Å². The van der Waals surface area contributed by atoms with Crippen molar-refractivity contribution in [1.29, 1.82) is 0 Å². The van der Waals surface area contributed by atoms with Crippen molar-refractivity contribution < 1.29 is 0 Å². The van der Waals surface area contributed by atoms with E-state index >= 15 is 0 Å². The van der Waals surface area contributed by atoms with Crippen molar-refractivity contribution in [3.8, 4) is 0 Å². The first-order valence-electron chi connectivity index (χ1n) is 7.68. The lowest BCUT2D eigenvalue weighted by Crippen LogP contribution is -2.31. The van der Waals surface area contributed by atoms with Crippen LogP contribution in [0.2, 0.25) is 0 Å². The number of aromatic nitrogens is 2. The number of benzene rings is 2. The van der Waals surface area contributed by atoms with E-state index in [2.05, 4.69) is 15.3 Å². The average Bonchev–Trinajstić information content (AvgIpc) is 2.62. The molecule has 0 spiro atoms.